The standard InChI is InChI=1S/C27H22Cl2N2/c1-27(2)21-13-15(30)11-12-16(21)19-14-20(17-7-3-5-9-22(17)28)26(31)24(25(19)27)18-8-4-6-10-23(18)29/h3-14H,30-31H2,1-2H3. The third kappa shape index (κ3) is 2.94. The third-order valence-corrected chi connectivity index (χ3v) is 6.97. The van der Waals surface area contributed by atoms with Gasteiger partial charge in [0.2, 0.25) is 0 Å². The number of halogens is 2. The van der Waals surface area contributed by atoms with E-state index in [0.717, 1.165) is 44.6 Å². The van der Waals surface area contributed by atoms with Crippen LogP contribution in [-0.2, 0) is 5.41 Å². The average Bonchev–Trinajstić information content (AvgIpc) is 2.95. The van der Waals surface area contributed by atoms with Gasteiger partial charge in [0.15, 0.2) is 0 Å². The largest absolute Gasteiger partial charge is 0.399 e. The van der Waals surface area contributed by atoms with Crippen molar-refractivity contribution in [3.05, 3.63) is 94.0 Å². The molecular weight excluding hydrogens is 423 g/mol. The first-order valence-corrected chi connectivity index (χ1v) is 10.9. The maximum Gasteiger partial charge on any atom is 0.0485 e. The number of nitrogens with two attached hydrogens (primary N) is 2. The molecule has 2 nitrogen and oxygen atoms in total. The van der Waals surface area contributed by atoms with Crippen molar-refractivity contribution in [1.29, 1.82) is 0 Å². The summed E-state index contributed by atoms with van der Waals surface area (Å²) < 4.78 is 0. The van der Waals surface area contributed by atoms with Crippen LogP contribution in [-0.4, -0.2) is 0 Å². The molecule has 0 saturated carbocycles. The summed E-state index contributed by atoms with van der Waals surface area (Å²) in [6, 6.07) is 23.9. The van der Waals surface area contributed by atoms with E-state index < -0.39 is 0 Å². The fourth-order valence-corrected chi connectivity index (χ4v) is 5.32. The minimum Gasteiger partial charge on any atom is -0.399 e. The summed E-state index contributed by atoms with van der Waals surface area (Å²) in [6.07, 6.45) is 0. The quantitative estimate of drug-likeness (QED) is 0.309. The fraction of sp³-hybridized carbons (Fsp3) is 0.111. The second-order valence-electron chi connectivity index (χ2n) is 8.53. The van der Waals surface area contributed by atoms with E-state index in [1.807, 2.05) is 54.6 Å². The van der Waals surface area contributed by atoms with Crippen LogP contribution < -0.4 is 11.5 Å². The Morgan fingerprint density at radius 2 is 1.26 bits per heavy atom. The molecular formula is C27H22Cl2N2. The molecule has 4 N–H and O–H groups in total. The van der Waals surface area contributed by atoms with Gasteiger partial charge in [-0.25, -0.2) is 0 Å². The second kappa shape index (κ2) is 7.05. The Morgan fingerprint density at radius 3 is 1.90 bits per heavy atom. The summed E-state index contributed by atoms with van der Waals surface area (Å²) >= 11 is 13.3. The number of fused-ring (bicyclic) bond motifs is 3. The number of nitrogen functional groups attached to an aromatic ring is 2. The number of hydrogen-bond acceptors (Lipinski definition) is 2. The normalized spacial score (nSPS) is 13.7. The molecule has 1 aliphatic carbocycles. The van der Waals surface area contributed by atoms with Crippen LogP contribution in [0.1, 0.15) is 25.0 Å². The molecule has 0 saturated heterocycles. The van der Waals surface area contributed by atoms with Crippen LogP contribution in [0.2, 0.25) is 10.0 Å². The van der Waals surface area contributed by atoms with Crippen molar-refractivity contribution in [2.45, 2.75) is 19.3 Å². The zero-order chi connectivity index (χ0) is 21.9. The van der Waals surface area contributed by atoms with Crippen LogP contribution in [0.3, 0.4) is 0 Å². The minimum atomic E-state index is -0.290. The molecule has 5 rings (SSSR count). The second-order valence-corrected chi connectivity index (χ2v) is 9.34. The summed E-state index contributed by atoms with van der Waals surface area (Å²) in [5, 5.41) is 1.33. The van der Waals surface area contributed by atoms with Crippen molar-refractivity contribution in [2.24, 2.45) is 0 Å². The number of anilines is 2. The number of hydrogen-bond donors (Lipinski definition) is 2. The van der Waals surface area contributed by atoms with Crippen molar-refractivity contribution >= 4 is 34.6 Å². The van der Waals surface area contributed by atoms with E-state index in [-0.39, 0.29) is 5.41 Å². The number of rotatable bonds is 2. The van der Waals surface area contributed by atoms with E-state index in [2.05, 4.69) is 32.0 Å². The van der Waals surface area contributed by atoms with Crippen molar-refractivity contribution in [2.75, 3.05) is 11.5 Å². The Morgan fingerprint density at radius 1 is 0.645 bits per heavy atom. The molecule has 4 heteroatoms. The lowest BCUT2D eigenvalue weighted by Crippen LogP contribution is -2.17. The van der Waals surface area contributed by atoms with Crippen molar-refractivity contribution < 1.29 is 0 Å². The zero-order valence-electron chi connectivity index (χ0n) is 17.3. The zero-order valence-corrected chi connectivity index (χ0v) is 18.9. The van der Waals surface area contributed by atoms with Gasteiger partial charge < -0.3 is 11.5 Å². The van der Waals surface area contributed by atoms with Gasteiger partial charge >= 0.3 is 0 Å². The van der Waals surface area contributed by atoms with Gasteiger partial charge in [0.05, 0.1) is 0 Å². The molecule has 0 unspecified atom stereocenters. The first-order valence-electron chi connectivity index (χ1n) is 10.2. The van der Waals surface area contributed by atoms with Gasteiger partial charge in [0.1, 0.15) is 0 Å². The van der Waals surface area contributed by atoms with Crippen LogP contribution in [0.4, 0.5) is 11.4 Å². The smallest absolute Gasteiger partial charge is 0.0485 e. The molecule has 0 heterocycles. The molecule has 0 bridgehead atoms. The van der Waals surface area contributed by atoms with Gasteiger partial charge in [-0.1, -0.05) is 79.5 Å². The highest BCUT2D eigenvalue weighted by Crippen LogP contribution is 2.57. The summed E-state index contributed by atoms with van der Waals surface area (Å²) in [6.45, 7) is 4.43. The van der Waals surface area contributed by atoms with Crippen LogP contribution in [0.15, 0.2) is 72.8 Å². The molecule has 0 spiro atoms. The summed E-state index contributed by atoms with van der Waals surface area (Å²) in [7, 11) is 0. The molecule has 1 aliphatic rings. The van der Waals surface area contributed by atoms with Gasteiger partial charge in [0.25, 0.3) is 0 Å². The first kappa shape index (κ1) is 20.0. The highest BCUT2D eigenvalue weighted by Gasteiger charge is 2.39. The molecule has 0 amide bonds. The lowest BCUT2D eigenvalue weighted by Gasteiger charge is -2.27. The maximum atomic E-state index is 6.90. The van der Waals surface area contributed by atoms with Crippen LogP contribution in [0, 0.1) is 0 Å². The molecule has 0 atom stereocenters. The molecule has 0 radical (unpaired) electrons. The van der Waals surface area contributed by atoms with E-state index in [1.165, 1.54) is 5.56 Å². The van der Waals surface area contributed by atoms with Crippen molar-refractivity contribution in [1.82, 2.24) is 0 Å². The van der Waals surface area contributed by atoms with Gasteiger partial charge in [-0.15, -0.1) is 0 Å². The molecule has 154 valence electrons. The highest BCUT2D eigenvalue weighted by molar-refractivity contribution is 6.34. The Balaban J connectivity index is 1.95. The van der Waals surface area contributed by atoms with E-state index in [4.69, 9.17) is 34.7 Å². The first-order chi connectivity index (χ1) is 14.8. The van der Waals surface area contributed by atoms with Gasteiger partial charge in [-0.3, -0.25) is 0 Å². The van der Waals surface area contributed by atoms with E-state index in [0.29, 0.717) is 15.7 Å². The Hall–Kier alpha value is -2.94. The highest BCUT2D eigenvalue weighted by atomic mass is 35.5. The topological polar surface area (TPSA) is 52.0 Å². The Labute approximate surface area is 192 Å². The Kier molecular flexibility index (Phi) is 4.55. The third-order valence-electron chi connectivity index (χ3n) is 6.31. The van der Waals surface area contributed by atoms with Gasteiger partial charge in [-0.05, 0) is 52.6 Å². The van der Waals surface area contributed by atoms with Crippen molar-refractivity contribution in [3.8, 4) is 33.4 Å². The van der Waals surface area contributed by atoms with Gasteiger partial charge in [-0.2, -0.15) is 0 Å². The van der Waals surface area contributed by atoms with E-state index in [9.17, 15) is 0 Å². The van der Waals surface area contributed by atoms with E-state index >= 15 is 0 Å². The van der Waals surface area contributed by atoms with E-state index in [1.54, 1.807) is 0 Å². The average molecular weight is 445 g/mol. The fourth-order valence-electron chi connectivity index (χ4n) is 4.85. The van der Waals surface area contributed by atoms with Crippen LogP contribution in [0.5, 0.6) is 0 Å². The monoisotopic (exact) mass is 444 g/mol. The molecule has 31 heavy (non-hydrogen) atoms. The van der Waals surface area contributed by atoms with Gasteiger partial charge in [0, 0.05) is 49.1 Å². The molecule has 4 aromatic rings. The predicted molar refractivity (Wildman–Crippen MR) is 134 cm³/mol. The maximum absolute atomic E-state index is 6.90. The number of benzene rings is 4. The molecule has 4 aromatic carbocycles. The lowest BCUT2D eigenvalue weighted by molar-refractivity contribution is 0.662. The molecule has 0 fully saturated rings. The molecule has 0 aliphatic heterocycles. The van der Waals surface area contributed by atoms with Crippen LogP contribution >= 0.6 is 23.2 Å². The SMILES string of the molecule is CC1(C)c2cc(N)ccc2-c2cc(-c3ccccc3Cl)c(N)c(-c3ccccc3Cl)c21. The predicted octanol–water partition coefficient (Wildman–Crippen LogP) is 7.80. The summed E-state index contributed by atoms with van der Waals surface area (Å²) in [5.74, 6) is 0. The molecule has 0 aromatic heterocycles. The Bertz CT molecular complexity index is 1360. The van der Waals surface area contributed by atoms with Crippen molar-refractivity contribution in [3.63, 3.8) is 0 Å². The minimum absolute atomic E-state index is 0.290. The van der Waals surface area contributed by atoms with Crippen LogP contribution in [0.25, 0.3) is 33.4 Å². The summed E-state index contributed by atoms with van der Waals surface area (Å²) in [5.41, 5.74) is 22.5. The summed E-state index contributed by atoms with van der Waals surface area (Å²) in [4.78, 5) is 0. The lowest BCUT2D eigenvalue weighted by atomic mass is 9.77.